The summed E-state index contributed by atoms with van der Waals surface area (Å²) in [5, 5.41) is 27.9. The number of hydrogen-bond donors (Lipinski definition) is 3. The fraction of sp³-hybridized carbons (Fsp3) is 0.0667. The lowest BCUT2D eigenvalue weighted by molar-refractivity contribution is 0.0641. The molecule has 0 fully saturated rings. The molecule has 23 heavy (non-hydrogen) atoms. The molecule has 0 saturated heterocycles. The van der Waals surface area contributed by atoms with E-state index in [2.05, 4.69) is 20.9 Å². The molecule has 7 nitrogen and oxygen atoms in total. The number of aromatic carboxylic acids is 3. The van der Waals surface area contributed by atoms with E-state index in [1.165, 1.54) is 6.92 Å². The van der Waals surface area contributed by atoms with Crippen molar-refractivity contribution in [1.29, 1.82) is 0 Å². The van der Waals surface area contributed by atoms with E-state index in [4.69, 9.17) is 0 Å². The van der Waals surface area contributed by atoms with E-state index in [1.807, 2.05) is 0 Å². The van der Waals surface area contributed by atoms with Crippen molar-refractivity contribution in [2.45, 2.75) is 6.92 Å². The summed E-state index contributed by atoms with van der Waals surface area (Å²) >= 11 is 3.27. The van der Waals surface area contributed by atoms with Crippen LogP contribution in [0.4, 0.5) is 0 Å². The van der Waals surface area contributed by atoms with E-state index < -0.39 is 34.9 Å². The van der Waals surface area contributed by atoms with Gasteiger partial charge in [-0.3, -0.25) is 0 Å². The van der Waals surface area contributed by atoms with Crippen LogP contribution < -0.4 is 0 Å². The van der Waals surface area contributed by atoms with E-state index in [0.717, 1.165) is 0 Å². The van der Waals surface area contributed by atoms with Gasteiger partial charge in [-0.05, 0) is 24.1 Å². The molecule has 1 aromatic carbocycles. The quantitative estimate of drug-likeness (QED) is 0.745. The molecule has 1 aromatic heterocycles. The van der Waals surface area contributed by atoms with Crippen LogP contribution in [0.1, 0.15) is 36.9 Å². The molecule has 0 atom stereocenters. The second-order valence-corrected chi connectivity index (χ2v) is 5.43. The highest BCUT2D eigenvalue weighted by Crippen LogP contribution is 2.35. The smallest absolute Gasteiger partial charge is 0.355 e. The van der Waals surface area contributed by atoms with Crippen molar-refractivity contribution < 1.29 is 29.7 Å². The summed E-state index contributed by atoms with van der Waals surface area (Å²) in [7, 11) is 0. The van der Waals surface area contributed by atoms with Crippen LogP contribution in [0.3, 0.4) is 0 Å². The molecule has 0 spiro atoms. The lowest BCUT2D eigenvalue weighted by Crippen LogP contribution is -2.18. The molecular formula is C15H10BrNO6. The minimum atomic E-state index is -1.61. The van der Waals surface area contributed by atoms with Crippen LogP contribution in [0.25, 0.3) is 11.1 Å². The standard InChI is InChI=1S/C15H10BrNO6/c1-6-9(7-4-2-3-5-8(7)16)10(13(18)19)12(15(22)23)17-11(6)14(20)21/h2-5H,1H3,(H,18,19)(H,20,21)(H,22,23). The number of carboxylic acid groups (broad SMARTS) is 3. The normalized spacial score (nSPS) is 10.3. The first-order valence-corrected chi connectivity index (χ1v) is 7.04. The predicted molar refractivity (Wildman–Crippen MR) is 83.0 cm³/mol. The Morgan fingerprint density at radius 2 is 1.52 bits per heavy atom. The number of benzene rings is 1. The first kappa shape index (κ1) is 16.6. The highest BCUT2D eigenvalue weighted by Gasteiger charge is 2.29. The topological polar surface area (TPSA) is 125 Å². The van der Waals surface area contributed by atoms with Crippen LogP contribution in [0.15, 0.2) is 28.7 Å². The van der Waals surface area contributed by atoms with Crippen LogP contribution in [-0.4, -0.2) is 38.2 Å². The molecule has 118 valence electrons. The van der Waals surface area contributed by atoms with Gasteiger partial charge in [-0.15, -0.1) is 0 Å². The highest BCUT2D eigenvalue weighted by atomic mass is 79.9. The molecule has 0 aliphatic heterocycles. The van der Waals surface area contributed by atoms with Crippen LogP contribution >= 0.6 is 15.9 Å². The second kappa shape index (κ2) is 6.17. The molecule has 8 heteroatoms. The van der Waals surface area contributed by atoms with Crippen molar-refractivity contribution in [2.75, 3.05) is 0 Å². The van der Waals surface area contributed by atoms with Gasteiger partial charge in [0.05, 0.1) is 0 Å². The fourth-order valence-corrected chi connectivity index (χ4v) is 2.73. The summed E-state index contributed by atoms with van der Waals surface area (Å²) in [6.45, 7) is 1.39. The van der Waals surface area contributed by atoms with Gasteiger partial charge < -0.3 is 15.3 Å². The molecule has 0 radical (unpaired) electrons. The van der Waals surface area contributed by atoms with Crippen molar-refractivity contribution in [3.8, 4) is 11.1 Å². The molecule has 3 N–H and O–H groups in total. The fourth-order valence-electron chi connectivity index (χ4n) is 2.25. The van der Waals surface area contributed by atoms with Gasteiger partial charge in [0.1, 0.15) is 5.56 Å². The third-order valence-electron chi connectivity index (χ3n) is 3.20. The van der Waals surface area contributed by atoms with Crippen molar-refractivity contribution in [2.24, 2.45) is 0 Å². The van der Waals surface area contributed by atoms with Crippen molar-refractivity contribution >= 4 is 33.8 Å². The lowest BCUT2D eigenvalue weighted by Gasteiger charge is -2.15. The van der Waals surface area contributed by atoms with Gasteiger partial charge in [0.25, 0.3) is 0 Å². The van der Waals surface area contributed by atoms with Crippen LogP contribution in [-0.2, 0) is 0 Å². The Morgan fingerprint density at radius 1 is 0.957 bits per heavy atom. The van der Waals surface area contributed by atoms with E-state index in [9.17, 15) is 29.7 Å². The summed E-state index contributed by atoms with van der Waals surface area (Å²) in [6, 6.07) is 6.53. The Bertz CT molecular complexity index is 846. The lowest BCUT2D eigenvalue weighted by atomic mass is 9.92. The number of hydrogen-bond acceptors (Lipinski definition) is 4. The van der Waals surface area contributed by atoms with Gasteiger partial charge in [0, 0.05) is 10.0 Å². The molecule has 0 bridgehead atoms. The van der Waals surface area contributed by atoms with E-state index in [0.29, 0.717) is 10.0 Å². The molecule has 0 saturated carbocycles. The SMILES string of the molecule is Cc1c(C(=O)O)nc(C(=O)O)c(C(=O)O)c1-c1ccccc1Br. The van der Waals surface area contributed by atoms with Gasteiger partial charge >= 0.3 is 17.9 Å². The maximum Gasteiger partial charge on any atom is 0.355 e. The van der Waals surface area contributed by atoms with Crippen molar-refractivity contribution in [3.63, 3.8) is 0 Å². The number of halogens is 1. The minimum Gasteiger partial charge on any atom is -0.478 e. The summed E-state index contributed by atoms with van der Waals surface area (Å²) in [6.07, 6.45) is 0. The van der Waals surface area contributed by atoms with E-state index in [1.54, 1.807) is 24.3 Å². The van der Waals surface area contributed by atoms with Crippen LogP contribution in [0.5, 0.6) is 0 Å². The zero-order valence-electron chi connectivity index (χ0n) is 11.7. The van der Waals surface area contributed by atoms with Gasteiger partial charge in [0.15, 0.2) is 11.4 Å². The first-order valence-electron chi connectivity index (χ1n) is 6.25. The largest absolute Gasteiger partial charge is 0.478 e. The average Bonchev–Trinajstić information content (AvgIpc) is 2.46. The van der Waals surface area contributed by atoms with Gasteiger partial charge in [-0.1, -0.05) is 34.1 Å². The molecule has 1 heterocycles. The number of pyridine rings is 1. The number of rotatable bonds is 4. The number of carboxylic acids is 3. The Hall–Kier alpha value is -2.74. The predicted octanol–water partition coefficient (Wildman–Crippen LogP) is 2.91. The van der Waals surface area contributed by atoms with E-state index >= 15 is 0 Å². The Balaban J connectivity index is 3.04. The maximum atomic E-state index is 11.6. The molecular weight excluding hydrogens is 370 g/mol. The van der Waals surface area contributed by atoms with Gasteiger partial charge in [0.2, 0.25) is 0 Å². The van der Waals surface area contributed by atoms with Gasteiger partial charge in [-0.25, -0.2) is 19.4 Å². The number of aromatic nitrogens is 1. The van der Waals surface area contributed by atoms with Crippen LogP contribution in [0.2, 0.25) is 0 Å². The minimum absolute atomic E-state index is 0.00905. The summed E-state index contributed by atoms with van der Waals surface area (Å²) < 4.78 is 0.504. The monoisotopic (exact) mass is 379 g/mol. The zero-order chi connectivity index (χ0) is 17.3. The number of nitrogens with zero attached hydrogens (tertiary/aromatic N) is 1. The second-order valence-electron chi connectivity index (χ2n) is 4.58. The van der Waals surface area contributed by atoms with E-state index in [-0.39, 0.29) is 11.1 Å². The summed E-state index contributed by atoms with van der Waals surface area (Å²) in [5.41, 5.74) is -1.41. The molecule has 0 aliphatic carbocycles. The molecule has 2 rings (SSSR count). The zero-order valence-corrected chi connectivity index (χ0v) is 13.3. The molecule has 0 amide bonds. The summed E-state index contributed by atoms with van der Waals surface area (Å²) in [4.78, 5) is 37.8. The maximum absolute atomic E-state index is 11.6. The average molecular weight is 380 g/mol. The first-order chi connectivity index (χ1) is 10.8. The Labute approximate surface area is 138 Å². The third-order valence-corrected chi connectivity index (χ3v) is 3.89. The van der Waals surface area contributed by atoms with Gasteiger partial charge in [-0.2, -0.15) is 0 Å². The number of carbonyl (C=O) groups is 3. The third kappa shape index (κ3) is 2.93. The summed E-state index contributed by atoms with van der Waals surface area (Å²) in [5.74, 6) is -4.55. The Kier molecular flexibility index (Phi) is 4.46. The Morgan fingerprint density at radius 3 is 2.00 bits per heavy atom. The molecule has 2 aromatic rings. The highest BCUT2D eigenvalue weighted by molar-refractivity contribution is 9.10. The van der Waals surface area contributed by atoms with Crippen molar-refractivity contribution in [3.05, 3.63) is 51.3 Å². The van der Waals surface area contributed by atoms with Crippen LogP contribution in [0, 0.1) is 6.92 Å². The molecule has 0 aliphatic rings. The van der Waals surface area contributed by atoms with Crippen molar-refractivity contribution in [1.82, 2.24) is 4.98 Å². The molecule has 0 unspecified atom stereocenters.